The van der Waals surface area contributed by atoms with Crippen LogP contribution in [0.5, 0.6) is 0 Å². The summed E-state index contributed by atoms with van der Waals surface area (Å²) in [5.74, 6) is -6.30. The summed E-state index contributed by atoms with van der Waals surface area (Å²) in [5, 5.41) is 18.2. The van der Waals surface area contributed by atoms with Crippen LogP contribution < -0.4 is 26.6 Å². The number of carbonyl (C=O) groups excluding carboxylic acids is 11. The molecule has 25 nitrogen and oxygen atoms in total. The largest absolute Gasteiger partial charge is 0.480 e. The normalized spacial score (nSPS) is 17.4. The van der Waals surface area contributed by atoms with Gasteiger partial charge in [0.15, 0.2) is 11.6 Å². The molecule has 6 N–H and O–H groups in total. The average molecular weight is 1500 g/mol. The van der Waals surface area contributed by atoms with Crippen LogP contribution >= 0.6 is 0 Å². The van der Waals surface area contributed by atoms with Crippen LogP contribution in [0, 0.1) is 53.3 Å². The number of unbranched alkanes of at least 4 members (excludes halogenated alkanes) is 2. The quantitative estimate of drug-likeness (QED) is 0.0259. The topological polar surface area (TPSA) is 331 Å². The fraction of sp³-hybridized carbons (Fsp3) is 0.639. The molecule has 12 atom stereocenters. The maximum atomic E-state index is 14.9. The number of carbonyl (C=O) groups is 12. The first kappa shape index (κ1) is 90.2. The minimum Gasteiger partial charge on any atom is -0.480 e. The molecule has 5 rings (SSSR count). The van der Waals surface area contributed by atoms with Gasteiger partial charge in [-0.15, -0.1) is 0 Å². The van der Waals surface area contributed by atoms with Gasteiger partial charge < -0.3 is 50.8 Å². The molecule has 0 radical (unpaired) electrons. The minimum atomic E-state index is -1.17. The first-order valence-corrected chi connectivity index (χ1v) is 38.9. The molecule has 9 amide bonds. The molecule has 3 aromatic rings. The Morgan fingerprint density at radius 1 is 0.685 bits per heavy atom. The van der Waals surface area contributed by atoms with Gasteiger partial charge in [0.25, 0.3) is 0 Å². The van der Waals surface area contributed by atoms with Gasteiger partial charge in [-0.05, 0) is 116 Å². The van der Waals surface area contributed by atoms with Crippen molar-refractivity contribution in [2.45, 2.75) is 228 Å². The van der Waals surface area contributed by atoms with Crippen molar-refractivity contribution in [2.75, 3.05) is 66.4 Å². The number of carboxylic acid groups (broad SMARTS) is 1. The number of imide groups is 1. The summed E-state index contributed by atoms with van der Waals surface area (Å²) in [7, 11) is 8.27. The zero-order valence-electron chi connectivity index (χ0n) is 67.0. The monoisotopic (exact) mass is 1500 g/mol. The molecule has 598 valence electrons. The Morgan fingerprint density at radius 2 is 1.31 bits per heavy atom. The third-order valence-electron chi connectivity index (χ3n) is 21.9. The lowest BCUT2D eigenvalue weighted by Crippen LogP contribution is -2.55. The van der Waals surface area contributed by atoms with Crippen LogP contribution in [0.4, 0.5) is 15.3 Å². The van der Waals surface area contributed by atoms with E-state index in [0.717, 1.165) is 11.1 Å². The maximum Gasteiger partial charge on any atom is 0.414 e. The molecule has 0 bridgehead atoms. The van der Waals surface area contributed by atoms with E-state index >= 15 is 0 Å². The number of Topliss-reactive ketones (excluding diaryl/α,β-unsaturated/α-hetero) is 3. The summed E-state index contributed by atoms with van der Waals surface area (Å²) >= 11 is 0. The minimum absolute atomic E-state index is 0.00185. The molecule has 2 aliphatic rings. The summed E-state index contributed by atoms with van der Waals surface area (Å²) in [5.41, 5.74) is 8.92. The fourth-order valence-electron chi connectivity index (χ4n) is 15.1. The van der Waals surface area contributed by atoms with Crippen LogP contribution in [-0.2, 0) is 88.0 Å². The molecule has 0 saturated carbocycles. The molecular formula is C83H125N9O16. The molecule has 2 fully saturated rings. The predicted octanol–water partition coefficient (Wildman–Crippen LogP) is 9.79. The van der Waals surface area contributed by atoms with Crippen LogP contribution in [0.1, 0.15) is 182 Å². The first-order chi connectivity index (χ1) is 51.1. The molecule has 2 aliphatic heterocycles. The van der Waals surface area contributed by atoms with Crippen LogP contribution in [-0.4, -0.2) is 200 Å². The molecule has 0 aliphatic carbocycles. The maximum absolute atomic E-state index is 14.9. The molecular weight excluding hydrogens is 1380 g/mol. The number of hydrogen-bond donors (Lipinski definition) is 5. The van der Waals surface area contributed by atoms with Gasteiger partial charge >= 0.3 is 18.1 Å². The van der Waals surface area contributed by atoms with Crippen LogP contribution in [0.25, 0.3) is 0 Å². The number of anilines is 1. The van der Waals surface area contributed by atoms with E-state index in [1.165, 1.54) is 24.0 Å². The van der Waals surface area contributed by atoms with Crippen molar-refractivity contribution in [3.8, 4) is 0 Å². The summed E-state index contributed by atoms with van der Waals surface area (Å²) in [6, 6.07) is 19.2. The summed E-state index contributed by atoms with van der Waals surface area (Å²) < 4.78 is 17.8. The number of benzene rings is 3. The number of ether oxygens (including phenoxy) is 3. The number of likely N-dealkylation sites (N-methyl/N-ethyl adjacent to an activating group) is 2. The number of urea groups is 1. The Kier molecular flexibility index (Phi) is 37.0. The summed E-state index contributed by atoms with van der Waals surface area (Å²) in [4.78, 5) is 169. The van der Waals surface area contributed by atoms with Gasteiger partial charge in [-0.3, -0.25) is 57.9 Å². The van der Waals surface area contributed by atoms with Crippen molar-refractivity contribution in [3.05, 3.63) is 101 Å². The van der Waals surface area contributed by atoms with E-state index in [1.807, 2.05) is 112 Å². The second kappa shape index (κ2) is 44.3. The van der Waals surface area contributed by atoms with E-state index in [0.29, 0.717) is 87.8 Å². The number of ketones is 3. The van der Waals surface area contributed by atoms with Gasteiger partial charge in [0.1, 0.15) is 18.4 Å². The predicted molar refractivity (Wildman–Crippen MR) is 414 cm³/mol. The van der Waals surface area contributed by atoms with Gasteiger partial charge in [0.2, 0.25) is 35.4 Å². The van der Waals surface area contributed by atoms with E-state index < -0.39 is 90.1 Å². The van der Waals surface area contributed by atoms with Gasteiger partial charge in [0, 0.05) is 116 Å². The summed E-state index contributed by atoms with van der Waals surface area (Å²) in [6.07, 6.45) is 3.15. The highest BCUT2D eigenvalue weighted by atomic mass is 16.6. The van der Waals surface area contributed by atoms with Crippen LogP contribution in [0.3, 0.4) is 0 Å². The Morgan fingerprint density at radius 3 is 1.89 bits per heavy atom. The van der Waals surface area contributed by atoms with Crippen molar-refractivity contribution in [1.29, 1.82) is 0 Å². The highest BCUT2D eigenvalue weighted by molar-refractivity contribution is 6.03. The Hall–Kier alpha value is -8.42. The van der Waals surface area contributed by atoms with Gasteiger partial charge in [-0.1, -0.05) is 156 Å². The number of nitrogens with two attached hydrogens (primary N) is 1. The highest BCUT2D eigenvalue weighted by Gasteiger charge is 2.45. The first-order valence-electron chi connectivity index (χ1n) is 38.9. The van der Waals surface area contributed by atoms with E-state index in [1.54, 1.807) is 79.3 Å². The average Bonchev–Trinajstić information content (AvgIpc) is 1.43. The third kappa shape index (κ3) is 26.7. The molecule has 108 heavy (non-hydrogen) atoms. The Balaban J connectivity index is 1.12. The van der Waals surface area contributed by atoms with Crippen LogP contribution in [0.2, 0.25) is 0 Å². The zero-order valence-corrected chi connectivity index (χ0v) is 67.0. The molecule has 2 saturated heterocycles. The van der Waals surface area contributed by atoms with Crippen molar-refractivity contribution in [3.63, 3.8) is 0 Å². The molecule has 1 unspecified atom stereocenters. The van der Waals surface area contributed by atoms with E-state index in [4.69, 9.17) is 19.9 Å². The number of rotatable bonds is 47. The molecule has 2 heterocycles. The molecule has 0 spiro atoms. The van der Waals surface area contributed by atoms with Gasteiger partial charge in [-0.25, -0.2) is 14.4 Å². The number of aliphatic carboxylic acids is 1. The van der Waals surface area contributed by atoms with Gasteiger partial charge in [0.05, 0.1) is 48.7 Å². The SMILES string of the molecule is CC[C@H](C)[C@@H]([C@@H](CC(=O)N1CCC[C@H]1[C@H](OC)[C@@H](C)C(=O)N[C@@H](Cc1ccccc1)C(=O)O)OC)N(C)C(=O)[C@@H](CC(=O)[C@H](C(C)C)N(C)CCc1ccc(N(C)C(=O)OCc2ccc(CC(=O)[C@H](CCCNC(N)=O)NC(=O)[C@@H](CC(=O)CCCCCN3C(=O)CC(C(C)C)C3=O)C(C)C)cc2)cc1)C(C)C. The molecule has 3 aromatic carbocycles. The number of amides is 9. The third-order valence-corrected chi connectivity index (χ3v) is 21.9. The van der Waals surface area contributed by atoms with E-state index in [-0.39, 0.29) is 141 Å². The standard InChI is InChI=1S/C83H125N9O16/c1-17-55(10)75(71(106-15)49-73(97)91-42-25-30-68(91)76(107-16)56(11)77(98)87-67(81(102)103)44-58-26-20-18-21-27-58)90(14)79(100)64(52(4)5)47-70(95)74(54(8)9)88(12)43-39-57-35-37-61(38-36-57)89(13)83(105)108-50-60-33-31-59(32-34-60)45-69(94)66(29-24-40-85-82(84)104)86-78(99)63(51(2)3)46-62(93)28-22-19-23-41-92-72(96)48-65(53(6)7)80(92)101/h18,20-21,26-27,31-38,51-56,63-68,71,74-76H,17,19,22-25,28-30,39-50H2,1-16H3,(H,86,99)(H,87,98)(H,102,103)(H3,84,85,104)/t55-,56+,63-,64-,65?,66-,67-,68-,71+,74-,75-,76+/m0/s1. The lowest BCUT2D eigenvalue weighted by atomic mass is 9.83. The smallest absolute Gasteiger partial charge is 0.414 e. The van der Waals surface area contributed by atoms with E-state index in [9.17, 15) is 62.6 Å². The number of carboxylic acids is 1. The number of methoxy groups -OCH3 is 2. The lowest BCUT2D eigenvalue weighted by molar-refractivity contribution is -0.149. The molecule has 25 heteroatoms. The number of primary amides is 1. The van der Waals surface area contributed by atoms with E-state index in [2.05, 4.69) is 16.0 Å². The number of nitrogens with zero attached hydrogens (tertiary/aromatic N) is 5. The highest BCUT2D eigenvalue weighted by Crippen LogP contribution is 2.33. The summed E-state index contributed by atoms with van der Waals surface area (Å²) in [6.45, 7) is 22.5. The fourth-order valence-corrected chi connectivity index (χ4v) is 15.1. The van der Waals surface area contributed by atoms with Crippen molar-refractivity contribution >= 4 is 76.6 Å². The van der Waals surface area contributed by atoms with Crippen molar-refractivity contribution in [2.24, 2.45) is 59.0 Å². The van der Waals surface area contributed by atoms with Crippen LogP contribution in [0.15, 0.2) is 78.9 Å². The van der Waals surface area contributed by atoms with Crippen molar-refractivity contribution in [1.82, 2.24) is 35.6 Å². The number of likely N-dealkylation sites (tertiary alicyclic amines) is 2. The Labute approximate surface area is 640 Å². The zero-order chi connectivity index (χ0) is 80.2. The number of nitrogens with one attached hydrogen (secondary N) is 3. The lowest BCUT2D eigenvalue weighted by Gasteiger charge is -2.41. The van der Waals surface area contributed by atoms with Crippen molar-refractivity contribution < 1.29 is 76.9 Å². The number of hydrogen-bond acceptors (Lipinski definition) is 16. The van der Waals surface area contributed by atoms with Gasteiger partial charge in [-0.2, -0.15) is 0 Å². The Bertz CT molecular complexity index is 3460. The second-order valence-electron chi connectivity index (χ2n) is 31.2. The molecule has 0 aromatic heterocycles. The second-order valence-corrected chi connectivity index (χ2v) is 31.2.